The van der Waals surface area contributed by atoms with Crippen LogP contribution in [0.3, 0.4) is 0 Å². The molecule has 0 aliphatic carbocycles. The summed E-state index contributed by atoms with van der Waals surface area (Å²) in [7, 11) is 3.61. The normalized spacial score (nSPS) is 11.5. The number of carbonyl (C=O) groups is 1. The maximum atomic E-state index is 13.0. The number of nitrogens with zero attached hydrogens (tertiary/aromatic N) is 1. The summed E-state index contributed by atoms with van der Waals surface area (Å²) >= 11 is 0. The number of aromatic amines is 2. The number of hydrogen-bond donors (Lipinski definition) is 2. The molecule has 2 heterocycles. The number of para-hydroxylation sites is 2. The Hall–Kier alpha value is -3.01. The zero-order valence-corrected chi connectivity index (χ0v) is 13.7. The topological polar surface area (TPSA) is 51.9 Å². The van der Waals surface area contributed by atoms with Gasteiger partial charge in [0.15, 0.2) is 0 Å². The van der Waals surface area contributed by atoms with Crippen molar-refractivity contribution in [2.75, 3.05) is 14.1 Å². The number of aromatic nitrogens is 2. The minimum atomic E-state index is -0.340. The van der Waals surface area contributed by atoms with Gasteiger partial charge >= 0.3 is 0 Å². The summed E-state index contributed by atoms with van der Waals surface area (Å²) < 4.78 is 0. The van der Waals surface area contributed by atoms with Gasteiger partial charge in [-0.15, -0.1) is 0 Å². The molecular formula is C20H19N3O. The highest BCUT2D eigenvalue weighted by Crippen LogP contribution is 2.35. The van der Waals surface area contributed by atoms with Crippen LogP contribution in [-0.4, -0.2) is 34.9 Å². The van der Waals surface area contributed by atoms with Crippen LogP contribution in [0, 0.1) is 0 Å². The number of likely N-dealkylation sites (N-methyl/N-ethyl adjacent to an activating group) is 1. The lowest BCUT2D eigenvalue weighted by Gasteiger charge is -2.20. The first kappa shape index (κ1) is 14.6. The average molecular weight is 317 g/mol. The van der Waals surface area contributed by atoms with Crippen molar-refractivity contribution in [1.82, 2.24) is 14.9 Å². The molecule has 24 heavy (non-hydrogen) atoms. The summed E-state index contributed by atoms with van der Waals surface area (Å²) in [5.41, 5.74) is 4.11. The molecule has 0 saturated heterocycles. The molecule has 120 valence electrons. The fraction of sp³-hybridized carbons (Fsp3) is 0.150. The van der Waals surface area contributed by atoms with E-state index < -0.39 is 0 Å². The van der Waals surface area contributed by atoms with Crippen molar-refractivity contribution in [2.24, 2.45) is 0 Å². The van der Waals surface area contributed by atoms with E-state index in [9.17, 15) is 4.79 Å². The van der Waals surface area contributed by atoms with Crippen LogP contribution >= 0.6 is 0 Å². The molecule has 2 aromatic heterocycles. The monoisotopic (exact) mass is 317 g/mol. The van der Waals surface area contributed by atoms with Crippen LogP contribution in [0.15, 0.2) is 60.9 Å². The number of carbonyl (C=O) groups excluding carboxylic acids is 1. The number of H-pyrrole nitrogens is 2. The van der Waals surface area contributed by atoms with Crippen LogP contribution in [0.5, 0.6) is 0 Å². The molecule has 0 radical (unpaired) electrons. The van der Waals surface area contributed by atoms with Crippen LogP contribution in [0.4, 0.5) is 0 Å². The summed E-state index contributed by atoms with van der Waals surface area (Å²) in [6.07, 6.45) is 3.91. The SMILES string of the molecule is CN(C)C(=O)C(c1c[nH]c2ccccc12)c1c[nH]c2ccccc12. The van der Waals surface area contributed by atoms with Gasteiger partial charge in [0.1, 0.15) is 0 Å². The van der Waals surface area contributed by atoms with Crippen LogP contribution in [0.25, 0.3) is 21.8 Å². The summed E-state index contributed by atoms with van der Waals surface area (Å²) in [6, 6.07) is 16.2. The fourth-order valence-electron chi connectivity index (χ4n) is 3.36. The Labute approximate surface area is 140 Å². The third-order valence-corrected chi connectivity index (χ3v) is 4.55. The van der Waals surface area contributed by atoms with Crippen LogP contribution in [0.2, 0.25) is 0 Å². The molecule has 0 unspecified atom stereocenters. The van der Waals surface area contributed by atoms with E-state index in [4.69, 9.17) is 0 Å². The molecule has 0 aliphatic rings. The predicted molar refractivity (Wildman–Crippen MR) is 97.1 cm³/mol. The second-order valence-electron chi connectivity index (χ2n) is 6.24. The quantitative estimate of drug-likeness (QED) is 0.592. The van der Waals surface area contributed by atoms with Crippen molar-refractivity contribution < 1.29 is 4.79 Å². The minimum absolute atomic E-state index is 0.0736. The lowest BCUT2D eigenvalue weighted by molar-refractivity contribution is -0.129. The van der Waals surface area contributed by atoms with Gasteiger partial charge < -0.3 is 14.9 Å². The molecule has 1 amide bonds. The third-order valence-electron chi connectivity index (χ3n) is 4.55. The number of amides is 1. The number of rotatable bonds is 3. The van der Waals surface area contributed by atoms with Gasteiger partial charge in [0.25, 0.3) is 0 Å². The third kappa shape index (κ3) is 2.19. The number of benzene rings is 2. The first-order chi connectivity index (χ1) is 11.7. The zero-order chi connectivity index (χ0) is 16.7. The maximum Gasteiger partial charge on any atom is 0.234 e. The molecular weight excluding hydrogens is 298 g/mol. The van der Waals surface area contributed by atoms with Crippen molar-refractivity contribution in [1.29, 1.82) is 0 Å². The molecule has 0 aliphatic heterocycles. The van der Waals surface area contributed by atoms with Gasteiger partial charge in [-0.3, -0.25) is 4.79 Å². The van der Waals surface area contributed by atoms with E-state index in [1.807, 2.05) is 48.8 Å². The van der Waals surface area contributed by atoms with E-state index in [0.717, 1.165) is 32.9 Å². The minimum Gasteiger partial charge on any atom is -0.361 e. The molecule has 2 aromatic carbocycles. The number of fused-ring (bicyclic) bond motifs is 2. The smallest absolute Gasteiger partial charge is 0.234 e. The van der Waals surface area contributed by atoms with Gasteiger partial charge in [0.2, 0.25) is 5.91 Å². The molecule has 0 atom stereocenters. The van der Waals surface area contributed by atoms with Crippen molar-refractivity contribution in [2.45, 2.75) is 5.92 Å². The molecule has 2 N–H and O–H groups in total. The van der Waals surface area contributed by atoms with Crippen LogP contribution in [-0.2, 0) is 4.79 Å². The zero-order valence-electron chi connectivity index (χ0n) is 13.7. The van der Waals surface area contributed by atoms with E-state index in [0.29, 0.717) is 0 Å². The van der Waals surface area contributed by atoms with Crippen molar-refractivity contribution >= 4 is 27.7 Å². The molecule has 4 aromatic rings. The predicted octanol–water partition coefficient (Wildman–Crippen LogP) is 3.87. The van der Waals surface area contributed by atoms with Gasteiger partial charge in [-0.05, 0) is 23.3 Å². The Morgan fingerprint density at radius 2 is 1.29 bits per heavy atom. The molecule has 4 nitrogen and oxygen atoms in total. The number of nitrogens with one attached hydrogen (secondary N) is 2. The van der Waals surface area contributed by atoms with Crippen molar-refractivity contribution in [3.05, 3.63) is 72.1 Å². The first-order valence-electron chi connectivity index (χ1n) is 8.00. The average Bonchev–Trinajstić information content (AvgIpc) is 3.20. The van der Waals surface area contributed by atoms with Crippen LogP contribution < -0.4 is 0 Å². The van der Waals surface area contributed by atoms with Crippen molar-refractivity contribution in [3.63, 3.8) is 0 Å². The van der Waals surface area contributed by atoms with E-state index in [1.165, 1.54) is 0 Å². The van der Waals surface area contributed by atoms with E-state index in [-0.39, 0.29) is 11.8 Å². The molecule has 4 rings (SSSR count). The van der Waals surface area contributed by atoms with Gasteiger partial charge in [-0.25, -0.2) is 0 Å². The van der Waals surface area contributed by atoms with E-state index >= 15 is 0 Å². The Kier molecular flexibility index (Phi) is 3.38. The largest absolute Gasteiger partial charge is 0.361 e. The van der Waals surface area contributed by atoms with E-state index in [1.54, 1.807) is 19.0 Å². The Bertz CT molecular complexity index is 951. The lowest BCUT2D eigenvalue weighted by Crippen LogP contribution is -2.28. The summed E-state index contributed by atoms with van der Waals surface area (Å²) in [6.45, 7) is 0. The molecule has 0 bridgehead atoms. The Balaban J connectivity index is 1.97. The van der Waals surface area contributed by atoms with Crippen LogP contribution in [0.1, 0.15) is 17.0 Å². The molecule has 0 fully saturated rings. The summed E-state index contributed by atoms with van der Waals surface area (Å²) in [5.74, 6) is -0.267. The number of hydrogen-bond acceptors (Lipinski definition) is 1. The standard InChI is InChI=1S/C20H19N3O/c1-23(2)20(24)19(15-11-21-17-9-5-3-7-13(15)17)16-12-22-18-10-6-4-8-14(16)18/h3-12,19,21-22H,1-2H3. The highest BCUT2D eigenvalue weighted by molar-refractivity contribution is 5.98. The molecule has 4 heteroatoms. The Morgan fingerprint density at radius 3 is 1.75 bits per heavy atom. The van der Waals surface area contributed by atoms with Gasteiger partial charge in [-0.2, -0.15) is 0 Å². The summed E-state index contributed by atoms with van der Waals surface area (Å²) in [4.78, 5) is 21.3. The first-order valence-corrected chi connectivity index (χ1v) is 8.00. The summed E-state index contributed by atoms with van der Waals surface area (Å²) in [5, 5.41) is 2.17. The maximum absolute atomic E-state index is 13.0. The van der Waals surface area contributed by atoms with E-state index in [2.05, 4.69) is 22.1 Å². The lowest BCUT2D eigenvalue weighted by atomic mass is 9.89. The van der Waals surface area contributed by atoms with Gasteiger partial charge in [-0.1, -0.05) is 36.4 Å². The van der Waals surface area contributed by atoms with Crippen molar-refractivity contribution in [3.8, 4) is 0 Å². The van der Waals surface area contributed by atoms with Gasteiger partial charge in [0.05, 0.1) is 5.92 Å². The molecule has 0 saturated carbocycles. The Morgan fingerprint density at radius 1 is 0.833 bits per heavy atom. The highest BCUT2D eigenvalue weighted by Gasteiger charge is 2.28. The molecule has 0 spiro atoms. The van der Waals surface area contributed by atoms with Gasteiger partial charge in [0, 0.05) is 48.3 Å². The second kappa shape index (κ2) is 5.57. The highest BCUT2D eigenvalue weighted by atomic mass is 16.2. The second-order valence-corrected chi connectivity index (χ2v) is 6.24. The fourth-order valence-corrected chi connectivity index (χ4v) is 3.36.